The lowest BCUT2D eigenvalue weighted by molar-refractivity contribution is 0.0696. The number of rotatable bonds is 6. The molecule has 136 valence electrons. The molecule has 3 N–H and O–H groups in total. The van der Waals surface area contributed by atoms with Gasteiger partial charge >= 0.3 is 5.97 Å². The third-order valence-electron chi connectivity index (χ3n) is 3.28. The number of ether oxygens (including phenoxy) is 1. The number of thiocarbonyl (C=S) groups is 1. The molecule has 0 saturated heterocycles. The monoisotopic (exact) mass is 436 g/mol. The molecule has 0 aliphatic heterocycles. The summed E-state index contributed by atoms with van der Waals surface area (Å²) in [5.74, 6) is -0.741. The molecule has 6 nitrogen and oxygen atoms in total. The molecule has 0 fully saturated rings. The van der Waals surface area contributed by atoms with Crippen molar-refractivity contribution in [3.05, 3.63) is 58.1 Å². The van der Waals surface area contributed by atoms with E-state index in [0.717, 1.165) is 6.42 Å². The van der Waals surface area contributed by atoms with Gasteiger partial charge in [-0.2, -0.15) is 0 Å². The summed E-state index contributed by atoms with van der Waals surface area (Å²) >= 11 is 8.43. The van der Waals surface area contributed by atoms with Gasteiger partial charge in [-0.15, -0.1) is 0 Å². The highest BCUT2D eigenvalue weighted by Crippen LogP contribution is 2.23. The van der Waals surface area contributed by atoms with Crippen molar-refractivity contribution in [1.29, 1.82) is 0 Å². The van der Waals surface area contributed by atoms with E-state index in [1.807, 2.05) is 6.92 Å². The number of benzene rings is 2. The number of carbonyl (C=O) groups excluding carboxylic acids is 1. The number of aromatic carboxylic acids is 1. The maximum atomic E-state index is 12.2. The number of amides is 1. The predicted octanol–water partition coefficient (Wildman–Crippen LogP) is 4.06. The number of hydrogen-bond acceptors (Lipinski definition) is 4. The molecule has 0 heterocycles. The first kappa shape index (κ1) is 19.9. The van der Waals surface area contributed by atoms with Crippen LogP contribution in [0.2, 0.25) is 0 Å². The van der Waals surface area contributed by atoms with E-state index in [4.69, 9.17) is 22.1 Å². The van der Waals surface area contributed by atoms with Gasteiger partial charge in [0.25, 0.3) is 5.91 Å². The van der Waals surface area contributed by atoms with Gasteiger partial charge in [-0.05, 0) is 77.0 Å². The van der Waals surface area contributed by atoms with E-state index >= 15 is 0 Å². The topological polar surface area (TPSA) is 87.7 Å². The molecule has 0 unspecified atom stereocenters. The maximum Gasteiger partial charge on any atom is 0.335 e. The van der Waals surface area contributed by atoms with E-state index in [1.165, 1.54) is 12.1 Å². The van der Waals surface area contributed by atoms with Gasteiger partial charge < -0.3 is 15.2 Å². The van der Waals surface area contributed by atoms with E-state index in [-0.39, 0.29) is 16.6 Å². The molecular weight excluding hydrogens is 420 g/mol. The van der Waals surface area contributed by atoms with Gasteiger partial charge in [-0.25, -0.2) is 4.79 Å². The quantitative estimate of drug-likeness (QED) is 0.591. The number of nitrogens with one attached hydrogen (secondary N) is 2. The van der Waals surface area contributed by atoms with Crippen molar-refractivity contribution < 1.29 is 19.4 Å². The van der Waals surface area contributed by atoms with E-state index in [9.17, 15) is 9.59 Å². The van der Waals surface area contributed by atoms with Crippen LogP contribution in [0.1, 0.15) is 34.1 Å². The van der Waals surface area contributed by atoms with Gasteiger partial charge in [-0.1, -0.05) is 6.92 Å². The van der Waals surface area contributed by atoms with Crippen molar-refractivity contribution in [3.63, 3.8) is 0 Å². The average molecular weight is 437 g/mol. The summed E-state index contributed by atoms with van der Waals surface area (Å²) < 4.78 is 6.09. The minimum absolute atomic E-state index is 0.0598. The number of carbonyl (C=O) groups is 2. The Morgan fingerprint density at radius 1 is 1.15 bits per heavy atom. The molecule has 1 amide bonds. The Bertz CT molecular complexity index is 824. The highest BCUT2D eigenvalue weighted by atomic mass is 79.9. The highest BCUT2D eigenvalue weighted by Gasteiger charge is 2.11. The molecule has 26 heavy (non-hydrogen) atoms. The first-order chi connectivity index (χ1) is 12.4. The van der Waals surface area contributed by atoms with Crippen molar-refractivity contribution in [2.45, 2.75) is 13.3 Å². The van der Waals surface area contributed by atoms with Crippen LogP contribution in [0, 0.1) is 0 Å². The summed E-state index contributed by atoms with van der Waals surface area (Å²) in [4.78, 5) is 23.3. The van der Waals surface area contributed by atoms with E-state index in [2.05, 4.69) is 26.6 Å². The molecule has 0 radical (unpaired) electrons. The van der Waals surface area contributed by atoms with Crippen LogP contribution < -0.4 is 15.4 Å². The van der Waals surface area contributed by atoms with Gasteiger partial charge in [0.2, 0.25) is 0 Å². The van der Waals surface area contributed by atoms with Crippen LogP contribution in [-0.4, -0.2) is 28.7 Å². The third-order valence-corrected chi connectivity index (χ3v) is 4.17. The number of hydrogen-bond donors (Lipinski definition) is 3. The summed E-state index contributed by atoms with van der Waals surface area (Å²) in [6.45, 7) is 2.63. The fraction of sp³-hybridized carbons (Fsp3) is 0.167. The standard InChI is InChI=1S/C18H17BrN2O4S/c1-2-9-25-13-6-3-11(4-7-13)16(22)21-18(26)20-15-10-12(17(23)24)5-8-14(15)19/h3-8,10H,2,9H2,1H3,(H,23,24)(H2,20,21,22,26). The minimum atomic E-state index is -1.05. The Labute approximate surface area is 164 Å². The zero-order valence-corrected chi connectivity index (χ0v) is 16.3. The minimum Gasteiger partial charge on any atom is -0.494 e. The summed E-state index contributed by atoms with van der Waals surface area (Å²) in [7, 11) is 0. The van der Waals surface area contributed by atoms with Crippen molar-refractivity contribution in [2.75, 3.05) is 11.9 Å². The molecular formula is C18H17BrN2O4S. The predicted molar refractivity (Wildman–Crippen MR) is 107 cm³/mol. The Kier molecular flexibility index (Phi) is 7.11. The SMILES string of the molecule is CCCOc1ccc(C(=O)NC(=S)Nc2cc(C(=O)O)ccc2Br)cc1. The Balaban J connectivity index is 2.00. The fourth-order valence-corrected chi connectivity index (χ4v) is 2.55. The third kappa shape index (κ3) is 5.53. The second-order valence-electron chi connectivity index (χ2n) is 5.28. The van der Waals surface area contributed by atoms with Gasteiger partial charge in [-0.3, -0.25) is 10.1 Å². The normalized spacial score (nSPS) is 10.1. The molecule has 2 aromatic rings. The number of anilines is 1. The second kappa shape index (κ2) is 9.30. The molecule has 0 bridgehead atoms. The number of carboxylic acid groups (broad SMARTS) is 1. The van der Waals surface area contributed by atoms with Gasteiger partial charge in [0.15, 0.2) is 5.11 Å². The van der Waals surface area contributed by atoms with Gasteiger partial charge in [0.05, 0.1) is 17.9 Å². The van der Waals surface area contributed by atoms with Crippen molar-refractivity contribution >= 4 is 50.8 Å². The fourth-order valence-electron chi connectivity index (χ4n) is 2.01. The number of halogens is 1. The number of carboxylic acids is 1. The molecule has 0 aromatic heterocycles. The Morgan fingerprint density at radius 2 is 1.81 bits per heavy atom. The first-order valence-electron chi connectivity index (χ1n) is 7.78. The van der Waals surface area contributed by atoms with Gasteiger partial charge in [0.1, 0.15) is 5.75 Å². The molecule has 2 aromatic carbocycles. The summed E-state index contributed by atoms with van der Waals surface area (Å²) in [5, 5.41) is 14.5. The average Bonchev–Trinajstić information content (AvgIpc) is 2.62. The highest BCUT2D eigenvalue weighted by molar-refractivity contribution is 9.10. The zero-order valence-electron chi connectivity index (χ0n) is 13.9. The molecule has 0 aliphatic rings. The first-order valence-corrected chi connectivity index (χ1v) is 8.99. The van der Waals surface area contributed by atoms with Crippen LogP contribution in [0.5, 0.6) is 5.75 Å². The van der Waals surface area contributed by atoms with Crippen molar-refractivity contribution in [2.24, 2.45) is 0 Å². The summed E-state index contributed by atoms with van der Waals surface area (Å²) in [6, 6.07) is 11.2. The largest absolute Gasteiger partial charge is 0.494 e. The summed E-state index contributed by atoms with van der Waals surface area (Å²) in [5.41, 5.74) is 0.974. The van der Waals surface area contributed by atoms with Crippen molar-refractivity contribution in [3.8, 4) is 5.75 Å². The van der Waals surface area contributed by atoms with Crippen LogP contribution in [0.25, 0.3) is 0 Å². The molecule has 2 rings (SSSR count). The van der Waals surface area contributed by atoms with Crippen LogP contribution in [-0.2, 0) is 0 Å². The Morgan fingerprint density at radius 3 is 2.42 bits per heavy atom. The van der Waals surface area contributed by atoms with E-state index in [0.29, 0.717) is 28.1 Å². The zero-order chi connectivity index (χ0) is 19.1. The molecule has 0 atom stereocenters. The van der Waals surface area contributed by atoms with E-state index in [1.54, 1.807) is 30.3 Å². The van der Waals surface area contributed by atoms with E-state index < -0.39 is 5.97 Å². The van der Waals surface area contributed by atoms with Gasteiger partial charge in [0, 0.05) is 10.0 Å². The Hall–Kier alpha value is -2.45. The van der Waals surface area contributed by atoms with Crippen LogP contribution in [0.3, 0.4) is 0 Å². The van der Waals surface area contributed by atoms with Crippen LogP contribution >= 0.6 is 28.1 Å². The lowest BCUT2D eigenvalue weighted by Crippen LogP contribution is -2.34. The lowest BCUT2D eigenvalue weighted by Gasteiger charge is -2.12. The van der Waals surface area contributed by atoms with Crippen molar-refractivity contribution in [1.82, 2.24) is 5.32 Å². The second-order valence-corrected chi connectivity index (χ2v) is 6.54. The molecule has 8 heteroatoms. The van der Waals surface area contributed by atoms with Crippen LogP contribution in [0.4, 0.5) is 5.69 Å². The smallest absolute Gasteiger partial charge is 0.335 e. The lowest BCUT2D eigenvalue weighted by atomic mass is 10.2. The summed E-state index contributed by atoms with van der Waals surface area (Å²) in [6.07, 6.45) is 0.904. The molecule has 0 spiro atoms. The molecule has 0 aliphatic carbocycles. The molecule has 0 saturated carbocycles. The maximum absolute atomic E-state index is 12.2. The van der Waals surface area contributed by atoms with Crippen LogP contribution in [0.15, 0.2) is 46.9 Å².